The van der Waals surface area contributed by atoms with Crippen molar-refractivity contribution in [1.82, 2.24) is 5.32 Å². The van der Waals surface area contributed by atoms with E-state index in [9.17, 15) is 4.79 Å². The van der Waals surface area contributed by atoms with Crippen molar-refractivity contribution in [2.24, 2.45) is 4.99 Å². The third-order valence-electron chi connectivity index (χ3n) is 4.68. The number of nitrogens with one attached hydrogen (secondary N) is 1. The minimum atomic E-state index is -0.151. The number of rotatable bonds is 5. The molecule has 0 aromatic heterocycles. The highest BCUT2D eigenvalue weighted by Gasteiger charge is 2.24. The Balaban J connectivity index is 1.54. The highest BCUT2D eigenvalue weighted by molar-refractivity contribution is 8.18. The molecule has 1 amide bonds. The lowest BCUT2D eigenvalue weighted by molar-refractivity contribution is -0.115. The second-order valence-corrected chi connectivity index (χ2v) is 8.11. The Hall–Kier alpha value is -3.31. The summed E-state index contributed by atoms with van der Waals surface area (Å²) >= 11 is 1.34. The zero-order valence-electron chi connectivity index (χ0n) is 16.9. The average Bonchev–Trinajstić information content (AvgIpc) is 3.09. The van der Waals surface area contributed by atoms with Crippen LogP contribution in [-0.4, -0.2) is 11.1 Å². The van der Waals surface area contributed by atoms with Crippen molar-refractivity contribution in [2.45, 2.75) is 20.5 Å². The molecule has 1 aliphatic rings. The molecule has 1 aliphatic heterocycles. The fourth-order valence-electron chi connectivity index (χ4n) is 3.04. The fourth-order valence-corrected chi connectivity index (χ4v) is 3.86. The number of amidine groups is 1. The highest BCUT2D eigenvalue weighted by Crippen LogP contribution is 2.31. The minimum Gasteiger partial charge on any atom is -0.488 e. The van der Waals surface area contributed by atoms with Crippen LogP contribution in [0.1, 0.15) is 22.3 Å². The normalized spacial score (nSPS) is 16.1. The van der Waals surface area contributed by atoms with Gasteiger partial charge in [-0.15, -0.1) is 0 Å². The van der Waals surface area contributed by atoms with Crippen molar-refractivity contribution in [3.05, 3.63) is 100.0 Å². The molecule has 0 radical (unpaired) electrons. The molecule has 1 fully saturated rings. The standard InChI is InChI=1S/C25H22N2O2S/c1-17-12-13-18(2)21(14-17)26-25-27-24(28)23(30-25)15-20-10-6-7-11-22(20)29-16-19-8-4-3-5-9-19/h3-15H,16H2,1-2H3,(H,26,27,28)/b23-15-. The summed E-state index contributed by atoms with van der Waals surface area (Å²) in [5.41, 5.74) is 5.02. The first-order valence-electron chi connectivity index (χ1n) is 9.71. The van der Waals surface area contributed by atoms with Gasteiger partial charge in [0.15, 0.2) is 5.17 Å². The maximum atomic E-state index is 12.5. The van der Waals surface area contributed by atoms with Gasteiger partial charge in [-0.3, -0.25) is 4.79 Å². The molecule has 0 spiro atoms. The molecule has 150 valence electrons. The number of ether oxygens (including phenoxy) is 1. The molecular weight excluding hydrogens is 392 g/mol. The number of amides is 1. The lowest BCUT2D eigenvalue weighted by atomic mass is 10.1. The van der Waals surface area contributed by atoms with Gasteiger partial charge >= 0.3 is 0 Å². The maximum absolute atomic E-state index is 12.5. The van der Waals surface area contributed by atoms with Crippen molar-refractivity contribution >= 4 is 34.6 Å². The van der Waals surface area contributed by atoms with Gasteiger partial charge in [-0.05, 0) is 60.5 Å². The third kappa shape index (κ3) is 4.81. The van der Waals surface area contributed by atoms with Crippen LogP contribution in [-0.2, 0) is 11.4 Å². The summed E-state index contributed by atoms with van der Waals surface area (Å²) in [6, 6.07) is 23.8. The van der Waals surface area contributed by atoms with Gasteiger partial charge in [0.05, 0.1) is 10.6 Å². The molecule has 1 heterocycles. The molecule has 0 aliphatic carbocycles. The molecular formula is C25H22N2O2S. The Labute approximate surface area is 180 Å². The zero-order chi connectivity index (χ0) is 20.9. The van der Waals surface area contributed by atoms with Gasteiger partial charge < -0.3 is 10.1 Å². The van der Waals surface area contributed by atoms with Crippen LogP contribution in [0, 0.1) is 13.8 Å². The molecule has 0 saturated carbocycles. The molecule has 3 aromatic carbocycles. The van der Waals surface area contributed by atoms with Gasteiger partial charge in [-0.1, -0.05) is 60.7 Å². The SMILES string of the molecule is Cc1ccc(C)c(N=C2NC(=O)/C(=C/c3ccccc3OCc3ccccc3)S2)c1. The van der Waals surface area contributed by atoms with E-state index >= 15 is 0 Å². The summed E-state index contributed by atoms with van der Waals surface area (Å²) in [6.45, 7) is 4.51. The first kappa shape index (κ1) is 20.0. The van der Waals surface area contributed by atoms with Crippen LogP contribution in [0.5, 0.6) is 5.75 Å². The van der Waals surface area contributed by atoms with E-state index in [-0.39, 0.29) is 5.91 Å². The minimum absolute atomic E-state index is 0.151. The van der Waals surface area contributed by atoms with Crippen LogP contribution in [0.2, 0.25) is 0 Å². The summed E-state index contributed by atoms with van der Waals surface area (Å²) in [7, 11) is 0. The van der Waals surface area contributed by atoms with Gasteiger partial charge in [0.1, 0.15) is 12.4 Å². The van der Waals surface area contributed by atoms with Crippen LogP contribution in [0.4, 0.5) is 5.69 Å². The van der Waals surface area contributed by atoms with Crippen molar-refractivity contribution in [1.29, 1.82) is 0 Å². The number of aryl methyl sites for hydroxylation is 2. The monoisotopic (exact) mass is 414 g/mol. The van der Waals surface area contributed by atoms with Crippen molar-refractivity contribution in [3.8, 4) is 5.75 Å². The Morgan fingerprint density at radius 2 is 1.77 bits per heavy atom. The van der Waals surface area contributed by atoms with Crippen LogP contribution in [0.15, 0.2) is 82.7 Å². The van der Waals surface area contributed by atoms with Gasteiger partial charge in [-0.25, -0.2) is 4.99 Å². The van der Waals surface area contributed by atoms with Crippen molar-refractivity contribution in [3.63, 3.8) is 0 Å². The zero-order valence-corrected chi connectivity index (χ0v) is 17.7. The topological polar surface area (TPSA) is 50.7 Å². The average molecular weight is 415 g/mol. The van der Waals surface area contributed by atoms with E-state index in [0.717, 1.165) is 33.7 Å². The van der Waals surface area contributed by atoms with Crippen LogP contribution >= 0.6 is 11.8 Å². The van der Waals surface area contributed by atoms with E-state index in [4.69, 9.17) is 4.74 Å². The molecule has 0 atom stereocenters. The predicted molar refractivity (Wildman–Crippen MR) is 124 cm³/mol. The Kier molecular flexibility index (Phi) is 6.00. The van der Waals surface area contributed by atoms with Gasteiger partial charge in [0.2, 0.25) is 0 Å². The van der Waals surface area contributed by atoms with Crippen molar-refractivity contribution in [2.75, 3.05) is 0 Å². The van der Waals surface area contributed by atoms with Crippen LogP contribution < -0.4 is 10.1 Å². The van der Waals surface area contributed by atoms with Gasteiger partial charge in [-0.2, -0.15) is 0 Å². The summed E-state index contributed by atoms with van der Waals surface area (Å²) in [4.78, 5) is 17.7. The first-order chi connectivity index (χ1) is 14.6. The first-order valence-corrected chi connectivity index (χ1v) is 10.5. The molecule has 3 aromatic rings. The van der Waals surface area contributed by atoms with E-state index < -0.39 is 0 Å². The number of carbonyl (C=O) groups is 1. The Bertz CT molecular complexity index is 1140. The molecule has 0 unspecified atom stereocenters. The molecule has 4 nitrogen and oxygen atoms in total. The Morgan fingerprint density at radius 3 is 2.60 bits per heavy atom. The lowest BCUT2D eigenvalue weighted by Crippen LogP contribution is -2.19. The fraction of sp³-hybridized carbons (Fsp3) is 0.120. The number of thioether (sulfide) groups is 1. The molecule has 4 rings (SSSR count). The maximum Gasteiger partial charge on any atom is 0.264 e. The Morgan fingerprint density at radius 1 is 1.00 bits per heavy atom. The summed E-state index contributed by atoms with van der Waals surface area (Å²) in [6.07, 6.45) is 1.85. The quantitative estimate of drug-likeness (QED) is 0.539. The lowest BCUT2D eigenvalue weighted by Gasteiger charge is -2.09. The summed E-state index contributed by atoms with van der Waals surface area (Å²) in [5.74, 6) is 0.587. The van der Waals surface area contributed by atoms with E-state index in [2.05, 4.69) is 16.4 Å². The number of para-hydroxylation sites is 1. The van der Waals surface area contributed by atoms with Crippen LogP contribution in [0.25, 0.3) is 6.08 Å². The van der Waals surface area contributed by atoms with Gasteiger partial charge in [0, 0.05) is 5.56 Å². The van der Waals surface area contributed by atoms with E-state index in [0.29, 0.717) is 16.7 Å². The molecule has 5 heteroatoms. The molecule has 30 heavy (non-hydrogen) atoms. The number of benzene rings is 3. The highest BCUT2D eigenvalue weighted by atomic mass is 32.2. The van der Waals surface area contributed by atoms with Crippen molar-refractivity contribution < 1.29 is 9.53 Å². The van der Waals surface area contributed by atoms with E-state index in [1.807, 2.05) is 86.7 Å². The molecule has 1 N–H and O–H groups in total. The number of hydrogen-bond donors (Lipinski definition) is 1. The number of nitrogens with zero attached hydrogens (tertiary/aromatic N) is 1. The second-order valence-electron chi connectivity index (χ2n) is 7.08. The third-order valence-corrected chi connectivity index (χ3v) is 5.59. The van der Waals surface area contributed by atoms with Crippen LogP contribution in [0.3, 0.4) is 0 Å². The van der Waals surface area contributed by atoms with E-state index in [1.165, 1.54) is 11.8 Å². The largest absolute Gasteiger partial charge is 0.488 e. The predicted octanol–water partition coefficient (Wildman–Crippen LogP) is 5.77. The summed E-state index contributed by atoms with van der Waals surface area (Å²) in [5, 5.41) is 3.45. The number of aliphatic imine (C=N–C) groups is 1. The number of carbonyl (C=O) groups excluding carboxylic acids is 1. The second kappa shape index (κ2) is 9.01. The number of hydrogen-bond acceptors (Lipinski definition) is 4. The van der Waals surface area contributed by atoms with Gasteiger partial charge in [0.25, 0.3) is 5.91 Å². The molecule has 1 saturated heterocycles. The summed E-state index contributed by atoms with van der Waals surface area (Å²) < 4.78 is 6.00. The van der Waals surface area contributed by atoms with E-state index in [1.54, 1.807) is 0 Å². The molecule has 0 bridgehead atoms. The smallest absolute Gasteiger partial charge is 0.264 e.